The van der Waals surface area contributed by atoms with Gasteiger partial charge in [-0.3, -0.25) is 0 Å². The number of nitrogens with one attached hydrogen (secondary N) is 2. The number of sulfonamides is 1. The highest BCUT2D eigenvalue weighted by atomic mass is 32.2. The second kappa shape index (κ2) is 8.63. The molecule has 0 unspecified atom stereocenters. The molecule has 1 fully saturated rings. The lowest BCUT2D eigenvalue weighted by Crippen LogP contribution is -2.44. The summed E-state index contributed by atoms with van der Waals surface area (Å²) in [6.45, 7) is 9.33. The molecule has 2 N–H and O–H groups in total. The number of ether oxygens (including phenoxy) is 1. The predicted molar refractivity (Wildman–Crippen MR) is 91.3 cm³/mol. The molecule has 23 heavy (non-hydrogen) atoms. The van der Waals surface area contributed by atoms with Crippen LogP contribution in [0.25, 0.3) is 0 Å². The first-order chi connectivity index (χ1) is 11.0. The Hall–Kier alpha value is -1.15. The van der Waals surface area contributed by atoms with Gasteiger partial charge in [0.2, 0.25) is 10.0 Å². The maximum atomic E-state index is 12.2. The zero-order valence-corrected chi connectivity index (χ0v) is 14.7. The number of benzene rings is 1. The van der Waals surface area contributed by atoms with E-state index in [-0.39, 0.29) is 11.0 Å². The standard InChI is InChI=1S/C16H27N3O3S/c1-14(2)22-15-4-6-16(7-5-15)23(20,21)18-8-3-11-19-12-9-17-10-13-19/h4-7,14,17-18H,3,8-13H2,1-2H3. The van der Waals surface area contributed by atoms with Crippen LogP contribution in [-0.2, 0) is 10.0 Å². The van der Waals surface area contributed by atoms with E-state index in [1.54, 1.807) is 24.3 Å². The van der Waals surface area contributed by atoms with Gasteiger partial charge in [0.05, 0.1) is 11.0 Å². The maximum Gasteiger partial charge on any atom is 0.240 e. The molecule has 0 atom stereocenters. The number of nitrogens with zero attached hydrogens (tertiary/aromatic N) is 1. The molecule has 0 radical (unpaired) electrons. The summed E-state index contributed by atoms with van der Waals surface area (Å²) < 4.78 is 32.7. The van der Waals surface area contributed by atoms with Crippen LogP contribution in [0.15, 0.2) is 29.2 Å². The van der Waals surface area contributed by atoms with Gasteiger partial charge in [-0.25, -0.2) is 13.1 Å². The van der Waals surface area contributed by atoms with Crippen molar-refractivity contribution in [1.82, 2.24) is 14.9 Å². The van der Waals surface area contributed by atoms with Crippen LogP contribution >= 0.6 is 0 Å². The van der Waals surface area contributed by atoms with Crippen molar-refractivity contribution < 1.29 is 13.2 Å². The molecule has 6 nitrogen and oxygen atoms in total. The number of hydrogen-bond acceptors (Lipinski definition) is 5. The molecular formula is C16H27N3O3S. The molecule has 1 heterocycles. The Bertz CT molecular complexity index is 567. The fraction of sp³-hybridized carbons (Fsp3) is 0.625. The van der Waals surface area contributed by atoms with Crippen molar-refractivity contribution in [1.29, 1.82) is 0 Å². The van der Waals surface area contributed by atoms with E-state index in [2.05, 4.69) is 14.9 Å². The van der Waals surface area contributed by atoms with Crippen LogP contribution in [0.2, 0.25) is 0 Å². The predicted octanol–water partition coefficient (Wildman–Crippen LogP) is 1.05. The zero-order valence-electron chi connectivity index (χ0n) is 13.9. The molecule has 1 aromatic carbocycles. The van der Waals surface area contributed by atoms with Gasteiger partial charge in [0.1, 0.15) is 5.75 Å². The minimum atomic E-state index is -3.44. The van der Waals surface area contributed by atoms with Gasteiger partial charge < -0.3 is 15.0 Å². The average Bonchev–Trinajstić information content (AvgIpc) is 2.53. The van der Waals surface area contributed by atoms with Gasteiger partial charge in [-0.2, -0.15) is 0 Å². The number of piperazine rings is 1. The SMILES string of the molecule is CC(C)Oc1ccc(S(=O)(=O)NCCCN2CCNCC2)cc1. The fourth-order valence-electron chi connectivity index (χ4n) is 2.50. The van der Waals surface area contributed by atoms with Crippen molar-refractivity contribution >= 4 is 10.0 Å². The van der Waals surface area contributed by atoms with Gasteiger partial charge in [0.15, 0.2) is 0 Å². The van der Waals surface area contributed by atoms with E-state index in [4.69, 9.17) is 4.74 Å². The van der Waals surface area contributed by atoms with Gasteiger partial charge in [-0.05, 0) is 51.1 Å². The maximum absolute atomic E-state index is 12.2. The fourth-order valence-corrected chi connectivity index (χ4v) is 3.57. The summed E-state index contributed by atoms with van der Waals surface area (Å²) in [6, 6.07) is 6.54. The lowest BCUT2D eigenvalue weighted by Gasteiger charge is -2.27. The Morgan fingerprint density at radius 3 is 2.48 bits per heavy atom. The summed E-state index contributed by atoms with van der Waals surface area (Å²) >= 11 is 0. The Morgan fingerprint density at radius 1 is 1.22 bits per heavy atom. The molecule has 1 saturated heterocycles. The normalized spacial score (nSPS) is 16.7. The molecule has 0 aromatic heterocycles. The van der Waals surface area contributed by atoms with E-state index in [1.807, 2.05) is 13.8 Å². The van der Waals surface area contributed by atoms with E-state index < -0.39 is 10.0 Å². The first-order valence-corrected chi connectivity index (χ1v) is 9.65. The van der Waals surface area contributed by atoms with E-state index in [0.29, 0.717) is 12.3 Å². The van der Waals surface area contributed by atoms with Crippen LogP contribution < -0.4 is 14.8 Å². The van der Waals surface area contributed by atoms with Crippen LogP contribution in [0.1, 0.15) is 20.3 Å². The van der Waals surface area contributed by atoms with E-state index in [9.17, 15) is 8.42 Å². The topological polar surface area (TPSA) is 70.7 Å². The van der Waals surface area contributed by atoms with Gasteiger partial charge in [0.25, 0.3) is 0 Å². The highest BCUT2D eigenvalue weighted by molar-refractivity contribution is 7.89. The molecule has 1 aromatic rings. The van der Waals surface area contributed by atoms with Crippen LogP contribution in [-0.4, -0.2) is 58.7 Å². The summed E-state index contributed by atoms with van der Waals surface area (Å²) in [5.74, 6) is 0.678. The molecular weight excluding hydrogens is 314 g/mol. The van der Waals surface area contributed by atoms with Crippen LogP contribution in [0.3, 0.4) is 0 Å². The zero-order chi connectivity index (χ0) is 16.7. The summed E-state index contributed by atoms with van der Waals surface area (Å²) in [4.78, 5) is 2.62. The Kier molecular flexibility index (Phi) is 6.83. The Balaban J connectivity index is 1.78. The first-order valence-electron chi connectivity index (χ1n) is 8.17. The molecule has 0 saturated carbocycles. The minimum absolute atomic E-state index is 0.0700. The van der Waals surface area contributed by atoms with E-state index >= 15 is 0 Å². The summed E-state index contributed by atoms with van der Waals surface area (Å²) in [5, 5.41) is 3.30. The quantitative estimate of drug-likeness (QED) is 0.692. The summed E-state index contributed by atoms with van der Waals surface area (Å²) in [7, 11) is -3.44. The third-order valence-electron chi connectivity index (χ3n) is 3.66. The third kappa shape index (κ3) is 6.10. The van der Waals surface area contributed by atoms with Crippen LogP contribution in [0, 0.1) is 0 Å². The third-order valence-corrected chi connectivity index (χ3v) is 5.14. The average molecular weight is 341 g/mol. The largest absolute Gasteiger partial charge is 0.491 e. The van der Waals surface area contributed by atoms with Crippen molar-refractivity contribution in [3.63, 3.8) is 0 Å². The van der Waals surface area contributed by atoms with E-state index in [0.717, 1.165) is 39.1 Å². The monoisotopic (exact) mass is 341 g/mol. The van der Waals surface area contributed by atoms with Crippen LogP contribution in [0.5, 0.6) is 5.75 Å². The lowest BCUT2D eigenvalue weighted by molar-refractivity contribution is 0.239. The highest BCUT2D eigenvalue weighted by Crippen LogP contribution is 2.17. The first kappa shape index (κ1) is 18.2. The van der Waals surface area contributed by atoms with Crippen molar-refractivity contribution in [2.24, 2.45) is 0 Å². The molecule has 130 valence electrons. The summed E-state index contributed by atoms with van der Waals surface area (Å²) in [5.41, 5.74) is 0. The van der Waals surface area contributed by atoms with Crippen molar-refractivity contribution in [3.8, 4) is 5.75 Å². The van der Waals surface area contributed by atoms with Gasteiger partial charge >= 0.3 is 0 Å². The van der Waals surface area contributed by atoms with Crippen LogP contribution in [0.4, 0.5) is 0 Å². The Labute approximate surface area is 139 Å². The van der Waals surface area contributed by atoms with Crippen molar-refractivity contribution in [3.05, 3.63) is 24.3 Å². The molecule has 2 rings (SSSR count). The molecule has 0 aliphatic carbocycles. The Morgan fingerprint density at radius 2 is 1.87 bits per heavy atom. The number of hydrogen-bond donors (Lipinski definition) is 2. The smallest absolute Gasteiger partial charge is 0.240 e. The second-order valence-corrected chi connectivity index (χ2v) is 7.75. The molecule has 1 aliphatic heterocycles. The van der Waals surface area contributed by atoms with Gasteiger partial charge in [0, 0.05) is 32.7 Å². The number of rotatable bonds is 8. The highest BCUT2D eigenvalue weighted by Gasteiger charge is 2.14. The van der Waals surface area contributed by atoms with Crippen molar-refractivity contribution in [2.45, 2.75) is 31.3 Å². The van der Waals surface area contributed by atoms with Gasteiger partial charge in [-0.15, -0.1) is 0 Å². The molecule has 1 aliphatic rings. The molecule has 0 bridgehead atoms. The lowest BCUT2D eigenvalue weighted by atomic mass is 10.3. The second-order valence-electron chi connectivity index (χ2n) is 5.98. The summed E-state index contributed by atoms with van der Waals surface area (Å²) in [6.07, 6.45) is 0.883. The van der Waals surface area contributed by atoms with E-state index in [1.165, 1.54) is 0 Å². The van der Waals surface area contributed by atoms with Crippen molar-refractivity contribution in [2.75, 3.05) is 39.3 Å². The molecule has 0 spiro atoms. The van der Waals surface area contributed by atoms with Gasteiger partial charge in [-0.1, -0.05) is 0 Å². The molecule has 0 amide bonds. The minimum Gasteiger partial charge on any atom is -0.491 e. The molecule has 7 heteroatoms.